The van der Waals surface area contributed by atoms with E-state index in [-0.39, 0.29) is 0 Å². The molecule has 0 amide bonds. The fourth-order valence-corrected chi connectivity index (χ4v) is 0.789. The van der Waals surface area contributed by atoms with Gasteiger partial charge in [0.25, 0.3) is 0 Å². The third kappa shape index (κ3) is 50.5. The van der Waals surface area contributed by atoms with Gasteiger partial charge in [-0.15, -0.1) is 6.58 Å². The molecule has 0 heteroatoms. The third-order valence-electron chi connectivity index (χ3n) is 3.58. The number of hydrogen-bond donors (Lipinski definition) is 0. The van der Waals surface area contributed by atoms with Crippen LogP contribution in [0.2, 0.25) is 0 Å². The quantitative estimate of drug-likeness (QED) is 0.412. The Hall–Kier alpha value is -0.520. The Bertz CT molecular complexity index is 166. The maximum absolute atomic E-state index is 3.63. The molecule has 0 fully saturated rings. The van der Waals surface area contributed by atoms with E-state index in [4.69, 9.17) is 0 Å². The molecule has 0 aromatic carbocycles. The van der Waals surface area contributed by atoms with Crippen molar-refractivity contribution in [3.63, 3.8) is 0 Å². The topological polar surface area (TPSA) is 0 Å². The van der Waals surface area contributed by atoms with Crippen LogP contribution in [0, 0.1) is 11.8 Å². The maximum Gasteiger partial charge on any atom is -0.0267 e. The zero-order chi connectivity index (χ0) is 18.2. The van der Waals surface area contributed by atoms with E-state index < -0.39 is 0 Å². The number of unbranched alkanes of at least 4 members (excludes halogenated alkanes) is 1. The van der Waals surface area contributed by atoms with Gasteiger partial charge in [-0.3, -0.25) is 0 Å². The van der Waals surface area contributed by atoms with E-state index in [1.807, 2.05) is 6.08 Å². The fourth-order valence-electron chi connectivity index (χ4n) is 0.789. The van der Waals surface area contributed by atoms with Crippen LogP contribution < -0.4 is 0 Å². The molecule has 0 aliphatic rings. The largest absolute Gasteiger partial charge is 0.103 e. The standard InChI is InChI=1S/C6H14.2C6H12.C4H10/c2*1-4-6(3)5-2;1-3-5-6-4-2;1-3-4-2/h6H,4-5H2,1-3H3;4,6H,1,5H2,2-3H3;5-6H,3-4H2,1-2H3;3-4H2,1-2H3. The lowest BCUT2D eigenvalue weighted by Gasteiger charge is -1.98. The third-order valence-corrected chi connectivity index (χ3v) is 3.58. The van der Waals surface area contributed by atoms with Gasteiger partial charge in [-0.1, -0.05) is 113 Å². The minimum Gasteiger partial charge on any atom is -0.103 e. The van der Waals surface area contributed by atoms with E-state index >= 15 is 0 Å². The first-order valence-electron chi connectivity index (χ1n) is 9.72. The normalized spacial score (nSPS) is 10.6. The van der Waals surface area contributed by atoms with Gasteiger partial charge in [-0.2, -0.15) is 0 Å². The van der Waals surface area contributed by atoms with E-state index in [0.717, 1.165) is 5.92 Å². The van der Waals surface area contributed by atoms with Gasteiger partial charge in [0.15, 0.2) is 0 Å². The zero-order valence-corrected chi connectivity index (χ0v) is 17.5. The first-order valence-corrected chi connectivity index (χ1v) is 9.72. The molecule has 0 N–H and O–H groups in total. The Morgan fingerprint density at radius 3 is 1.09 bits per heavy atom. The molecule has 0 aliphatic carbocycles. The highest BCUT2D eigenvalue weighted by atomic mass is 13.9. The minimum absolute atomic E-state index is 0.699. The van der Waals surface area contributed by atoms with Crippen LogP contribution in [0.5, 0.6) is 0 Å². The van der Waals surface area contributed by atoms with Crippen molar-refractivity contribution in [3.8, 4) is 0 Å². The summed E-state index contributed by atoms with van der Waals surface area (Å²) in [6.45, 7) is 23.3. The summed E-state index contributed by atoms with van der Waals surface area (Å²) in [6.07, 6.45) is 15.2. The van der Waals surface area contributed by atoms with E-state index in [1.165, 1.54) is 44.9 Å². The first-order chi connectivity index (χ1) is 10.4. The Morgan fingerprint density at radius 1 is 0.682 bits per heavy atom. The van der Waals surface area contributed by atoms with Gasteiger partial charge in [0.1, 0.15) is 0 Å². The van der Waals surface area contributed by atoms with Gasteiger partial charge in [0.05, 0.1) is 0 Å². The summed E-state index contributed by atoms with van der Waals surface area (Å²) in [6, 6.07) is 0. The van der Waals surface area contributed by atoms with Crippen molar-refractivity contribution < 1.29 is 0 Å². The summed E-state index contributed by atoms with van der Waals surface area (Å²) in [4.78, 5) is 0. The van der Waals surface area contributed by atoms with E-state index in [2.05, 4.69) is 81.0 Å². The van der Waals surface area contributed by atoms with Crippen molar-refractivity contribution in [2.24, 2.45) is 11.8 Å². The second kappa shape index (κ2) is 32.4. The second-order valence-corrected chi connectivity index (χ2v) is 5.83. The van der Waals surface area contributed by atoms with Crippen LogP contribution in [0.1, 0.15) is 107 Å². The summed E-state index contributed by atoms with van der Waals surface area (Å²) >= 11 is 0. The molecule has 0 saturated heterocycles. The van der Waals surface area contributed by atoms with Crippen LogP contribution in [0.25, 0.3) is 0 Å². The number of allylic oxidation sites excluding steroid dienone is 3. The highest BCUT2D eigenvalue weighted by Crippen LogP contribution is 2.02. The second-order valence-electron chi connectivity index (χ2n) is 5.83. The summed E-state index contributed by atoms with van der Waals surface area (Å²) in [7, 11) is 0. The highest BCUT2D eigenvalue weighted by molar-refractivity contribution is 4.77. The molecule has 0 nitrogen and oxygen atoms in total. The summed E-state index contributed by atoms with van der Waals surface area (Å²) in [5.41, 5.74) is 0. The molecule has 0 aromatic heterocycles. The van der Waals surface area contributed by atoms with E-state index in [1.54, 1.807) is 0 Å². The van der Waals surface area contributed by atoms with Crippen LogP contribution in [0.3, 0.4) is 0 Å². The van der Waals surface area contributed by atoms with Crippen LogP contribution in [-0.4, -0.2) is 0 Å². The van der Waals surface area contributed by atoms with Crippen molar-refractivity contribution in [1.82, 2.24) is 0 Å². The number of rotatable bonds is 7. The molecule has 0 spiro atoms. The molecule has 22 heavy (non-hydrogen) atoms. The Kier molecular flexibility index (Phi) is 43.5. The maximum atomic E-state index is 3.63. The van der Waals surface area contributed by atoms with Gasteiger partial charge in [0, 0.05) is 0 Å². The molecule has 136 valence electrons. The molecule has 0 aliphatic heterocycles. The average Bonchev–Trinajstić information content (AvgIpc) is 2.59. The lowest BCUT2D eigenvalue weighted by atomic mass is 10.1. The molecule has 0 bridgehead atoms. The van der Waals surface area contributed by atoms with Gasteiger partial charge in [0.2, 0.25) is 0 Å². The lowest BCUT2D eigenvalue weighted by Crippen LogP contribution is -1.85. The van der Waals surface area contributed by atoms with Gasteiger partial charge in [-0.25, -0.2) is 0 Å². The smallest absolute Gasteiger partial charge is 0.0267 e. The molecule has 1 unspecified atom stereocenters. The van der Waals surface area contributed by atoms with Crippen LogP contribution >= 0.6 is 0 Å². The highest BCUT2D eigenvalue weighted by Gasteiger charge is 1.88. The van der Waals surface area contributed by atoms with Crippen LogP contribution in [0.4, 0.5) is 0 Å². The molecule has 0 heterocycles. The van der Waals surface area contributed by atoms with Gasteiger partial charge < -0.3 is 0 Å². The van der Waals surface area contributed by atoms with Gasteiger partial charge >= 0.3 is 0 Å². The lowest BCUT2D eigenvalue weighted by molar-refractivity contribution is 0.544. The summed E-state index contributed by atoms with van der Waals surface area (Å²) in [5.74, 6) is 1.63. The Labute approximate surface area is 144 Å². The average molecular weight is 313 g/mol. The number of hydrogen-bond acceptors (Lipinski definition) is 0. The monoisotopic (exact) mass is 312 g/mol. The Balaban J connectivity index is -0.0000000994. The molecule has 0 radical (unpaired) electrons. The van der Waals surface area contributed by atoms with Crippen molar-refractivity contribution in [1.29, 1.82) is 0 Å². The van der Waals surface area contributed by atoms with E-state index in [0.29, 0.717) is 5.92 Å². The fraction of sp³-hybridized carbons (Fsp3) is 0.818. The Morgan fingerprint density at radius 2 is 1.05 bits per heavy atom. The predicted molar refractivity (Wildman–Crippen MR) is 110 cm³/mol. The molecule has 0 aromatic rings. The van der Waals surface area contributed by atoms with Crippen molar-refractivity contribution >= 4 is 0 Å². The van der Waals surface area contributed by atoms with Crippen LogP contribution in [-0.2, 0) is 0 Å². The molecule has 1 atom stereocenters. The molecular weight excluding hydrogens is 264 g/mol. The van der Waals surface area contributed by atoms with E-state index in [9.17, 15) is 0 Å². The summed E-state index contributed by atoms with van der Waals surface area (Å²) in [5, 5.41) is 0. The molecule has 0 rings (SSSR count). The minimum atomic E-state index is 0.699. The van der Waals surface area contributed by atoms with Crippen molar-refractivity contribution in [3.05, 3.63) is 24.8 Å². The first kappa shape index (κ1) is 29.5. The van der Waals surface area contributed by atoms with Gasteiger partial charge in [-0.05, 0) is 24.7 Å². The predicted octanol–water partition coefficient (Wildman–Crippen LogP) is 8.83. The SMILES string of the molecule is C=CC(C)CC.CCC(C)CC.CCC=CCC.CCCC. The molecule has 0 saturated carbocycles. The zero-order valence-electron chi connectivity index (χ0n) is 17.5. The van der Waals surface area contributed by atoms with Crippen molar-refractivity contribution in [2.45, 2.75) is 107 Å². The van der Waals surface area contributed by atoms with Crippen molar-refractivity contribution in [2.75, 3.05) is 0 Å². The van der Waals surface area contributed by atoms with Crippen LogP contribution in [0.15, 0.2) is 24.8 Å². The summed E-state index contributed by atoms with van der Waals surface area (Å²) < 4.78 is 0. The molecular formula is C22H48.